The number of nitrogens with zero attached hydrogens (tertiary/aromatic N) is 1. The van der Waals surface area contributed by atoms with E-state index in [2.05, 4.69) is 47.5 Å². The van der Waals surface area contributed by atoms with Gasteiger partial charge in [0, 0.05) is 12.1 Å². The maximum atomic E-state index is 3.57. The average Bonchev–Trinajstić information content (AvgIpc) is 2.49. The first kappa shape index (κ1) is 14.1. The molecule has 0 aliphatic carbocycles. The molecule has 3 rings (SSSR count). The summed E-state index contributed by atoms with van der Waals surface area (Å²) in [7, 11) is 0. The summed E-state index contributed by atoms with van der Waals surface area (Å²) in [4.78, 5) is 2.76. The van der Waals surface area contributed by atoms with Crippen molar-refractivity contribution >= 4 is 0 Å². The van der Waals surface area contributed by atoms with E-state index in [-0.39, 0.29) is 0 Å². The standard InChI is InChI=1S/C18H28N2/c1-15-13-18(7-10-19-15)20-11-8-17(9-12-20)14-16-5-3-2-4-6-16/h2-6,15,17-19H,7-14H2,1H3. The Kier molecular flexibility index (Phi) is 4.74. The van der Waals surface area contributed by atoms with E-state index in [9.17, 15) is 0 Å². The van der Waals surface area contributed by atoms with Crippen LogP contribution >= 0.6 is 0 Å². The van der Waals surface area contributed by atoms with Gasteiger partial charge in [0.25, 0.3) is 0 Å². The van der Waals surface area contributed by atoms with Crippen molar-refractivity contribution in [1.29, 1.82) is 0 Å². The summed E-state index contributed by atoms with van der Waals surface area (Å²) in [5.74, 6) is 0.896. The fraction of sp³-hybridized carbons (Fsp3) is 0.667. The zero-order valence-corrected chi connectivity index (χ0v) is 12.7. The van der Waals surface area contributed by atoms with Crippen LogP contribution in [0.15, 0.2) is 30.3 Å². The Labute approximate surface area is 123 Å². The lowest BCUT2D eigenvalue weighted by atomic mass is 9.88. The second-order valence-corrected chi connectivity index (χ2v) is 6.70. The second-order valence-electron chi connectivity index (χ2n) is 6.70. The Morgan fingerprint density at radius 1 is 1.10 bits per heavy atom. The van der Waals surface area contributed by atoms with Crippen molar-refractivity contribution in [3.8, 4) is 0 Å². The van der Waals surface area contributed by atoms with Crippen LogP contribution in [0, 0.1) is 5.92 Å². The lowest BCUT2D eigenvalue weighted by Gasteiger charge is -2.41. The van der Waals surface area contributed by atoms with Crippen molar-refractivity contribution in [3.63, 3.8) is 0 Å². The van der Waals surface area contributed by atoms with E-state index in [1.54, 1.807) is 0 Å². The Hall–Kier alpha value is -0.860. The molecule has 2 aliphatic rings. The molecule has 0 spiro atoms. The number of piperidine rings is 2. The average molecular weight is 272 g/mol. The first-order chi connectivity index (χ1) is 9.81. The minimum absolute atomic E-state index is 0.704. The molecule has 1 aromatic rings. The van der Waals surface area contributed by atoms with Crippen LogP contribution in [0.2, 0.25) is 0 Å². The number of hydrogen-bond donors (Lipinski definition) is 1. The molecule has 0 aromatic heterocycles. The Balaban J connectivity index is 1.47. The maximum Gasteiger partial charge on any atom is 0.0122 e. The van der Waals surface area contributed by atoms with E-state index in [0.717, 1.165) is 12.0 Å². The molecule has 2 atom stereocenters. The van der Waals surface area contributed by atoms with Gasteiger partial charge in [0.15, 0.2) is 0 Å². The van der Waals surface area contributed by atoms with E-state index in [4.69, 9.17) is 0 Å². The van der Waals surface area contributed by atoms with Crippen molar-refractivity contribution in [2.45, 2.75) is 51.1 Å². The molecule has 2 nitrogen and oxygen atoms in total. The molecule has 0 amide bonds. The van der Waals surface area contributed by atoms with Gasteiger partial charge in [-0.3, -0.25) is 0 Å². The topological polar surface area (TPSA) is 15.3 Å². The Bertz CT molecular complexity index is 395. The Morgan fingerprint density at radius 2 is 1.85 bits per heavy atom. The highest BCUT2D eigenvalue weighted by Crippen LogP contribution is 2.25. The van der Waals surface area contributed by atoms with E-state index < -0.39 is 0 Å². The van der Waals surface area contributed by atoms with Crippen molar-refractivity contribution in [1.82, 2.24) is 10.2 Å². The second kappa shape index (κ2) is 6.73. The fourth-order valence-electron chi connectivity index (χ4n) is 3.91. The summed E-state index contributed by atoms with van der Waals surface area (Å²) in [6.07, 6.45) is 6.72. The van der Waals surface area contributed by atoms with Crippen molar-refractivity contribution < 1.29 is 0 Å². The van der Waals surface area contributed by atoms with Gasteiger partial charge in [-0.25, -0.2) is 0 Å². The van der Waals surface area contributed by atoms with Crippen LogP contribution in [0.3, 0.4) is 0 Å². The normalized spacial score (nSPS) is 29.4. The van der Waals surface area contributed by atoms with Gasteiger partial charge < -0.3 is 10.2 Å². The van der Waals surface area contributed by atoms with Gasteiger partial charge in [0.2, 0.25) is 0 Å². The molecule has 0 radical (unpaired) electrons. The Morgan fingerprint density at radius 3 is 2.55 bits per heavy atom. The summed E-state index contributed by atoms with van der Waals surface area (Å²) in [6, 6.07) is 12.5. The molecule has 2 saturated heterocycles. The van der Waals surface area contributed by atoms with Gasteiger partial charge >= 0.3 is 0 Å². The molecule has 2 aliphatic heterocycles. The smallest absolute Gasteiger partial charge is 0.0122 e. The molecule has 2 heteroatoms. The van der Waals surface area contributed by atoms with Gasteiger partial charge in [-0.15, -0.1) is 0 Å². The van der Waals surface area contributed by atoms with Gasteiger partial charge in [-0.05, 0) is 70.1 Å². The molecular formula is C18H28N2. The predicted molar refractivity (Wildman–Crippen MR) is 84.9 cm³/mol. The van der Waals surface area contributed by atoms with Crippen molar-refractivity contribution in [2.24, 2.45) is 5.92 Å². The summed E-state index contributed by atoms with van der Waals surface area (Å²) < 4.78 is 0. The molecule has 2 heterocycles. The third-order valence-corrected chi connectivity index (χ3v) is 5.13. The van der Waals surface area contributed by atoms with Crippen LogP contribution < -0.4 is 5.32 Å². The van der Waals surface area contributed by atoms with Gasteiger partial charge in [0.05, 0.1) is 0 Å². The summed E-state index contributed by atoms with van der Waals surface area (Å²) in [5, 5.41) is 3.57. The third kappa shape index (κ3) is 3.62. The van der Waals surface area contributed by atoms with Crippen LogP contribution in [0.5, 0.6) is 0 Å². The van der Waals surface area contributed by atoms with Crippen LogP contribution in [0.4, 0.5) is 0 Å². The number of likely N-dealkylation sites (tertiary alicyclic amines) is 1. The highest BCUT2D eigenvalue weighted by atomic mass is 15.2. The van der Waals surface area contributed by atoms with Crippen LogP contribution in [-0.2, 0) is 6.42 Å². The molecule has 2 fully saturated rings. The van der Waals surface area contributed by atoms with E-state index >= 15 is 0 Å². The van der Waals surface area contributed by atoms with Gasteiger partial charge in [-0.1, -0.05) is 30.3 Å². The van der Waals surface area contributed by atoms with Crippen LogP contribution in [0.1, 0.15) is 38.2 Å². The summed E-state index contributed by atoms with van der Waals surface area (Å²) >= 11 is 0. The number of benzene rings is 1. The third-order valence-electron chi connectivity index (χ3n) is 5.13. The first-order valence-corrected chi connectivity index (χ1v) is 8.32. The highest BCUT2D eigenvalue weighted by molar-refractivity contribution is 5.15. The first-order valence-electron chi connectivity index (χ1n) is 8.32. The monoisotopic (exact) mass is 272 g/mol. The largest absolute Gasteiger partial charge is 0.314 e. The molecular weight excluding hydrogens is 244 g/mol. The molecule has 2 unspecified atom stereocenters. The van der Waals surface area contributed by atoms with Gasteiger partial charge in [-0.2, -0.15) is 0 Å². The minimum Gasteiger partial charge on any atom is -0.314 e. The zero-order valence-electron chi connectivity index (χ0n) is 12.7. The number of rotatable bonds is 3. The molecule has 0 bridgehead atoms. The van der Waals surface area contributed by atoms with E-state index in [1.165, 1.54) is 57.3 Å². The SMILES string of the molecule is CC1CC(N2CCC(Cc3ccccc3)CC2)CCN1. The van der Waals surface area contributed by atoms with E-state index in [1.807, 2.05) is 0 Å². The number of nitrogens with one attached hydrogen (secondary N) is 1. The lowest BCUT2D eigenvalue weighted by molar-refractivity contribution is 0.101. The lowest BCUT2D eigenvalue weighted by Crippen LogP contribution is -2.49. The van der Waals surface area contributed by atoms with Crippen molar-refractivity contribution in [2.75, 3.05) is 19.6 Å². The summed E-state index contributed by atoms with van der Waals surface area (Å²) in [5.41, 5.74) is 1.52. The predicted octanol–water partition coefficient (Wildman–Crippen LogP) is 3.08. The molecule has 1 N–H and O–H groups in total. The summed E-state index contributed by atoms with van der Waals surface area (Å²) in [6.45, 7) is 6.16. The van der Waals surface area contributed by atoms with Gasteiger partial charge in [0.1, 0.15) is 0 Å². The van der Waals surface area contributed by atoms with E-state index in [0.29, 0.717) is 6.04 Å². The van der Waals surface area contributed by atoms with Crippen LogP contribution in [-0.4, -0.2) is 36.6 Å². The van der Waals surface area contributed by atoms with Crippen LogP contribution in [0.25, 0.3) is 0 Å². The molecule has 20 heavy (non-hydrogen) atoms. The maximum absolute atomic E-state index is 3.57. The van der Waals surface area contributed by atoms with Crippen molar-refractivity contribution in [3.05, 3.63) is 35.9 Å². The highest BCUT2D eigenvalue weighted by Gasteiger charge is 2.27. The molecule has 1 aromatic carbocycles. The number of hydrogen-bond acceptors (Lipinski definition) is 2. The quantitative estimate of drug-likeness (QED) is 0.909. The zero-order chi connectivity index (χ0) is 13.8. The molecule has 0 saturated carbocycles. The fourth-order valence-corrected chi connectivity index (χ4v) is 3.91. The molecule has 110 valence electrons. The minimum atomic E-state index is 0.704.